The van der Waals surface area contributed by atoms with Gasteiger partial charge in [-0.3, -0.25) is 9.20 Å². The third kappa shape index (κ3) is 3.49. The molecule has 1 saturated carbocycles. The first-order valence-electron chi connectivity index (χ1n) is 8.75. The number of aromatic nitrogens is 3. The molecule has 2 atom stereocenters. The number of aryl methyl sites for hydroxylation is 1. The molecule has 1 aliphatic rings. The number of nitrogens with zero attached hydrogens (tertiary/aromatic N) is 5. The normalized spacial score (nSPS) is 19.1. The van der Waals surface area contributed by atoms with Crippen LogP contribution >= 0.6 is 22.9 Å². The summed E-state index contributed by atoms with van der Waals surface area (Å²) in [6.07, 6.45) is 4.64. The smallest absolute Gasteiger partial charge is 0.259 e. The van der Waals surface area contributed by atoms with Crippen molar-refractivity contribution in [2.45, 2.75) is 25.8 Å². The van der Waals surface area contributed by atoms with Gasteiger partial charge >= 0.3 is 0 Å². The average molecular weight is 402 g/mol. The lowest BCUT2D eigenvalue weighted by molar-refractivity contribution is 0.844. The maximum Gasteiger partial charge on any atom is 0.259 e. The molecule has 2 unspecified atom stereocenters. The van der Waals surface area contributed by atoms with Crippen molar-refractivity contribution in [1.29, 1.82) is 0 Å². The quantitative estimate of drug-likeness (QED) is 0.613. The molecule has 3 aromatic heterocycles. The van der Waals surface area contributed by atoms with Crippen molar-refractivity contribution >= 4 is 39.9 Å². The molecular formula is C19H20ClN5OS. The van der Waals surface area contributed by atoms with Gasteiger partial charge in [0.05, 0.1) is 17.3 Å². The Morgan fingerprint density at radius 1 is 1.48 bits per heavy atom. The Morgan fingerprint density at radius 3 is 3.00 bits per heavy atom. The van der Waals surface area contributed by atoms with E-state index in [1.54, 1.807) is 41.1 Å². The number of thiazole rings is 1. The van der Waals surface area contributed by atoms with Gasteiger partial charge in [-0.15, -0.1) is 11.3 Å². The van der Waals surface area contributed by atoms with Gasteiger partial charge in [-0.1, -0.05) is 11.6 Å². The van der Waals surface area contributed by atoms with Gasteiger partial charge in [0.1, 0.15) is 5.82 Å². The van der Waals surface area contributed by atoms with Crippen LogP contribution in [0.1, 0.15) is 28.6 Å². The Kier molecular flexibility index (Phi) is 4.74. The molecule has 0 aliphatic heterocycles. The summed E-state index contributed by atoms with van der Waals surface area (Å²) in [5.74, 6) is 1.58. The number of aliphatic imine (C=N–C) groups is 1. The largest absolute Gasteiger partial charge is 0.354 e. The van der Waals surface area contributed by atoms with Crippen LogP contribution in [-0.4, -0.2) is 34.7 Å². The highest BCUT2D eigenvalue weighted by Crippen LogP contribution is 2.48. The molecule has 3 aromatic rings. The zero-order valence-electron chi connectivity index (χ0n) is 15.4. The van der Waals surface area contributed by atoms with Gasteiger partial charge in [0, 0.05) is 55.0 Å². The van der Waals surface area contributed by atoms with Crippen molar-refractivity contribution in [3.8, 4) is 0 Å². The molecule has 6 nitrogen and oxygen atoms in total. The van der Waals surface area contributed by atoms with E-state index in [9.17, 15) is 4.79 Å². The summed E-state index contributed by atoms with van der Waals surface area (Å²) in [5, 5.41) is 0.595. The molecule has 8 heteroatoms. The monoisotopic (exact) mass is 401 g/mol. The number of pyridine rings is 1. The molecule has 0 saturated heterocycles. The molecule has 0 amide bonds. The maximum atomic E-state index is 12.8. The molecule has 1 aliphatic carbocycles. The van der Waals surface area contributed by atoms with Crippen LogP contribution in [0.25, 0.3) is 4.96 Å². The van der Waals surface area contributed by atoms with E-state index in [0.717, 1.165) is 33.5 Å². The fourth-order valence-electron chi connectivity index (χ4n) is 3.45. The van der Waals surface area contributed by atoms with E-state index in [1.165, 1.54) is 0 Å². The van der Waals surface area contributed by atoms with Crippen molar-refractivity contribution in [2.75, 3.05) is 19.0 Å². The van der Waals surface area contributed by atoms with Gasteiger partial charge in [-0.2, -0.15) is 0 Å². The second kappa shape index (κ2) is 7.05. The van der Waals surface area contributed by atoms with E-state index in [4.69, 9.17) is 16.6 Å². The van der Waals surface area contributed by atoms with E-state index >= 15 is 0 Å². The molecule has 1 fully saturated rings. The second-order valence-corrected chi connectivity index (χ2v) is 8.47. The third-order valence-electron chi connectivity index (χ3n) is 4.82. The zero-order chi connectivity index (χ0) is 19.1. The minimum Gasteiger partial charge on any atom is -0.354 e. The lowest BCUT2D eigenvalue weighted by atomic mass is 10.2. The van der Waals surface area contributed by atoms with Crippen LogP contribution < -0.4 is 10.5 Å². The first kappa shape index (κ1) is 18.1. The van der Waals surface area contributed by atoms with Crippen LogP contribution in [0.4, 0.5) is 5.82 Å². The van der Waals surface area contributed by atoms with Crippen LogP contribution in [0.3, 0.4) is 0 Å². The van der Waals surface area contributed by atoms with E-state index in [-0.39, 0.29) is 5.56 Å². The summed E-state index contributed by atoms with van der Waals surface area (Å²) >= 11 is 7.47. The molecule has 0 spiro atoms. The Hall–Kier alpha value is -2.25. The second-order valence-electron chi connectivity index (χ2n) is 6.85. The molecule has 0 bridgehead atoms. The van der Waals surface area contributed by atoms with Gasteiger partial charge in [0.25, 0.3) is 5.56 Å². The van der Waals surface area contributed by atoms with Crippen LogP contribution in [0.2, 0.25) is 5.02 Å². The maximum absolute atomic E-state index is 12.8. The zero-order valence-corrected chi connectivity index (χ0v) is 17.0. The minimum atomic E-state index is -0.0223. The summed E-state index contributed by atoms with van der Waals surface area (Å²) in [6, 6.07) is 5.27. The standard InChI is InChI=1S/C19H20ClN5OS/c1-11-18(15-6-12(15)8-21-2)25-17(26)7-14(23-19(25)27-11)10-24(3)16-5-4-13(20)9-22-16/h4-5,7-9,12,15H,6,10H2,1-3H3. The number of hydrogen-bond donors (Lipinski definition) is 0. The van der Waals surface area contributed by atoms with Gasteiger partial charge in [-0.25, -0.2) is 9.97 Å². The highest BCUT2D eigenvalue weighted by molar-refractivity contribution is 7.17. The summed E-state index contributed by atoms with van der Waals surface area (Å²) < 4.78 is 1.78. The van der Waals surface area contributed by atoms with Crippen LogP contribution in [0.15, 0.2) is 34.2 Å². The van der Waals surface area contributed by atoms with Crippen molar-refractivity contribution < 1.29 is 0 Å². The van der Waals surface area contributed by atoms with Gasteiger partial charge in [0.15, 0.2) is 4.96 Å². The molecule has 0 N–H and O–H groups in total. The molecule has 4 rings (SSSR count). The molecule has 3 heterocycles. The lowest BCUT2D eigenvalue weighted by Gasteiger charge is -2.17. The van der Waals surface area contributed by atoms with E-state index in [2.05, 4.69) is 16.9 Å². The topological polar surface area (TPSA) is 62.9 Å². The number of anilines is 1. The summed E-state index contributed by atoms with van der Waals surface area (Å²) in [6.45, 7) is 2.57. The number of hydrogen-bond acceptors (Lipinski definition) is 6. The first-order chi connectivity index (χ1) is 13.0. The van der Waals surface area contributed by atoms with Crippen LogP contribution in [0, 0.1) is 12.8 Å². The van der Waals surface area contributed by atoms with Crippen molar-refractivity contribution in [2.24, 2.45) is 10.9 Å². The van der Waals surface area contributed by atoms with Crippen molar-refractivity contribution in [3.05, 3.63) is 56.0 Å². The molecular weight excluding hydrogens is 382 g/mol. The highest BCUT2D eigenvalue weighted by atomic mass is 35.5. The number of halogens is 1. The Morgan fingerprint density at radius 2 is 2.30 bits per heavy atom. The fraction of sp³-hybridized carbons (Fsp3) is 0.368. The van der Waals surface area contributed by atoms with Gasteiger partial charge in [-0.05, 0) is 25.5 Å². The molecule has 0 radical (unpaired) electrons. The Labute approximate surface area is 166 Å². The minimum absolute atomic E-state index is 0.0223. The van der Waals surface area contributed by atoms with Crippen molar-refractivity contribution in [3.63, 3.8) is 0 Å². The van der Waals surface area contributed by atoms with Crippen LogP contribution in [0.5, 0.6) is 0 Å². The Bertz CT molecular complexity index is 1070. The third-order valence-corrected chi connectivity index (χ3v) is 6.02. The van der Waals surface area contributed by atoms with E-state index in [1.807, 2.05) is 24.2 Å². The fourth-order valence-corrected chi connectivity index (χ4v) is 4.63. The predicted octanol–water partition coefficient (Wildman–Crippen LogP) is 3.55. The van der Waals surface area contributed by atoms with Gasteiger partial charge in [0.2, 0.25) is 0 Å². The highest BCUT2D eigenvalue weighted by Gasteiger charge is 2.40. The molecule has 0 aromatic carbocycles. The van der Waals surface area contributed by atoms with E-state index < -0.39 is 0 Å². The van der Waals surface area contributed by atoms with Gasteiger partial charge < -0.3 is 9.89 Å². The SMILES string of the molecule is CN=CC1CC1c1c(C)sc2nc(CN(C)c3ccc(Cl)cn3)cc(=O)n12. The lowest BCUT2D eigenvalue weighted by Crippen LogP contribution is -2.22. The average Bonchev–Trinajstić information content (AvgIpc) is 3.28. The van der Waals surface area contributed by atoms with E-state index in [0.29, 0.717) is 23.4 Å². The number of rotatable bonds is 5. The predicted molar refractivity (Wildman–Crippen MR) is 111 cm³/mol. The molecule has 27 heavy (non-hydrogen) atoms. The number of fused-ring (bicyclic) bond motifs is 1. The van der Waals surface area contributed by atoms with Crippen LogP contribution in [-0.2, 0) is 6.54 Å². The first-order valence-corrected chi connectivity index (χ1v) is 9.94. The molecule has 140 valence electrons. The Balaban J connectivity index is 1.65. The van der Waals surface area contributed by atoms with Crippen molar-refractivity contribution in [1.82, 2.24) is 14.4 Å². The summed E-state index contributed by atoms with van der Waals surface area (Å²) in [4.78, 5) is 29.9. The summed E-state index contributed by atoms with van der Waals surface area (Å²) in [5.41, 5.74) is 1.80. The summed E-state index contributed by atoms with van der Waals surface area (Å²) in [7, 11) is 3.71.